The Kier molecular flexibility index (Phi) is 5.03. The van der Waals surface area contributed by atoms with E-state index >= 15 is 0 Å². The molecule has 1 amide bonds. The molecule has 2 aromatic carbocycles. The second-order valence-electron chi connectivity index (χ2n) is 7.81. The molecule has 174 valence electrons. The summed E-state index contributed by atoms with van der Waals surface area (Å²) in [4.78, 5) is 12.7. The number of aryl methyl sites for hydroxylation is 1. The first-order valence-electron chi connectivity index (χ1n) is 10.3. The first-order chi connectivity index (χ1) is 16.2. The molecule has 0 fully saturated rings. The number of fused-ring (bicyclic) bond motifs is 3. The van der Waals surface area contributed by atoms with Crippen LogP contribution < -0.4 is 5.32 Å². The third kappa shape index (κ3) is 3.85. The van der Waals surface area contributed by atoms with Gasteiger partial charge in [-0.05, 0) is 47.6 Å². The monoisotopic (exact) mass is 469 g/mol. The zero-order valence-corrected chi connectivity index (χ0v) is 17.8. The highest BCUT2D eigenvalue weighted by atomic mass is 19.4. The van der Waals surface area contributed by atoms with Gasteiger partial charge < -0.3 is 14.9 Å². The summed E-state index contributed by atoms with van der Waals surface area (Å²) in [6.07, 6.45) is -2.26. The van der Waals surface area contributed by atoms with Crippen molar-refractivity contribution in [2.45, 2.75) is 12.6 Å². The molecule has 0 aliphatic heterocycles. The highest BCUT2D eigenvalue weighted by Gasteiger charge is 2.30. The minimum atomic E-state index is -4.42. The zero-order chi connectivity index (χ0) is 24.0. The molecule has 8 nitrogen and oxygen atoms in total. The van der Waals surface area contributed by atoms with Gasteiger partial charge in [-0.3, -0.25) is 14.0 Å². The number of nitrogens with zero attached hydrogens (tertiary/aromatic N) is 4. The number of benzene rings is 2. The van der Waals surface area contributed by atoms with Crippen LogP contribution in [0.5, 0.6) is 5.88 Å². The van der Waals surface area contributed by atoms with Crippen LogP contribution in [-0.2, 0) is 19.6 Å². The molecule has 2 N–H and O–H groups in total. The van der Waals surface area contributed by atoms with Crippen molar-refractivity contribution >= 4 is 27.8 Å². The average Bonchev–Trinajstić information content (AvgIpc) is 3.46. The summed E-state index contributed by atoms with van der Waals surface area (Å²) in [7, 11) is 1.75. The van der Waals surface area contributed by atoms with Crippen molar-refractivity contribution in [2.75, 3.05) is 6.54 Å². The quantitative estimate of drug-likeness (QED) is 0.402. The van der Waals surface area contributed by atoms with Crippen LogP contribution in [0, 0.1) is 0 Å². The Morgan fingerprint density at radius 2 is 1.88 bits per heavy atom. The highest BCUT2D eigenvalue weighted by molar-refractivity contribution is 6.10. The molecular weight excluding hydrogens is 451 g/mol. The molecule has 0 saturated carbocycles. The average molecular weight is 469 g/mol. The molecule has 0 spiro atoms. The summed E-state index contributed by atoms with van der Waals surface area (Å²) in [5.41, 5.74) is 1.50. The predicted molar refractivity (Wildman–Crippen MR) is 117 cm³/mol. The number of amides is 1. The van der Waals surface area contributed by atoms with Crippen LogP contribution in [0.1, 0.15) is 21.7 Å². The van der Waals surface area contributed by atoms with Gasteiger partial charge in [0.25, 0.3) is 11.8 Å². The first kappa shape index (κ1) is 21.6. The lowest BCUT2D eigenvalue weighted by Crippen LogP contribution is -2.25. The van der Waals surface area contributed by atoms with E-state index in [4.69, 9.17) is 4.52 Å². The van der Waals surface area contributed by atoms with E-state index in [2.05, 4.69) is 15.6 Å². The van der Waals surface area contributed by atoms with Crippen molar-refractivity contribution in [1.82, 2.24) is 24.8 Å². The molecule has 0 bridgehead atoms. The number of aromatic hydroxyl groups is 1. The smallest absolute Gasteiger partial charge is 0.416 e. The van der Waals surface area contributed by atoms with Crippen molar-refractivity contribution < 1.29 is 27.6 Å². The van der Waals surface area contributed by atoms with Gasteiger partial charge in [0.05, 0.1) is 11.1 Å². The first-order valence-corrected chi connectivity index (χ1v) is 10.3. The predicted octanol–water partition coefficient (Wildman–Crippen LogP) is 4.20. The molecule has 0 radical (unpaired) electrons. The highest BCUT2D eigenvalue weighted by Crippen LogP contribution is 2.34. The van der Waals surface area contributed by atoms with Crippen LogP contribution in [-0.4, -0.2) is 37.1 Å². The molecule has 34 heavy (non-hydrogen) atoms. The van der Waals surface area contributed by atoms with Crippen molar-refractivity contribution in [3.8, 4) is 11.6 Å². The minimum Gasteiger partial charge on any atom is -0.491 e. The standard InChI is InChI=1S/C23H18F3N5O3/c1-30-12-18-17-10-13(22(33)27-9-8-16-11-20(32)29-34-16)2-7-19(17)31(21(18)28-30)15-5-3-14(4-6-15)23(24,25)26/h2-7,10-12H,8-9H2,1H3,(H,27,33)(H,29,32). The van der Waals surface area contributed by atoms with E-state index in [-0.39, 0.29) is 18.3 Å². The summed E-state index contributed by atoms with van der Waals surface area (Å²) in [6, 6.07) is 11.4. The molecule has 5 rings (SSSR count). The Hall–Kier alpha value is -4.28. The van der Waals surface area contributed by atoms with E-state index in [1.807, 2.05) is 0 Å². The summed E-state index contributed by atoms with van der Waals surface area (Å²) < 4.78 is 47.3. The van der Waals surface area contributed by atoms with Gasteiger partial charge in [0, 0.05) is 54.3 Å². The topological polar surface area (TPSA) is 98.1 Å². The lowest BCUT2D eigenvalue weighted by atomic mass is 10.1. The third-order valence-electron chi connectivity index (χ3n) is 5.47. The van der Waals surface area contributed by atoms with E-state index in [1.165, 1.54) is 18.2 Å². The van der Waals surface area contributed by atoms with Crippen LogP contribution in [0.15, 0.2) is 59.3 Å². The van der Waals surface area contributed by atoms with Gasteiger partial charge in [-0.2, -0.15) is 18.3 Å². The fraction of sp³-hybridized carbons (Fsp3) is 0.174. The van der Waals surface area contributed by atoms with Crippen LogP contribution in [0.4, 0.5) is 13.2 Å². The molecule has 3 heterocycles. The number of alkyl halides is 3. The molecule has 0 aliphatic carbocycles. The summed E-state index contributed by atoms with van der Waals surface area (Å²) in [6.45, 7) is 0.278. The Morgan fingerprint density at radius 1 is 1.12 bits per heavy atom. The van der Waals surface area contributed by atoms with Crippen LogP contribution in [0.25, 0.3) is 27.6 Å². The van der Waals surface area contributed by atoms with Crippen LogP contribution in [0.3, 0.4) is 0 Å². The second-order valence-corrected chi connectivity index (χ2v) is 7.81. The fourth-order valence-electron chi connectivity index (χ4n) is 3.92. The van der Waals surface area contributed by atoms with Gasteiger partial charge in [0.15, 0.2) is 5.65 Å². The van der Waals surface area contributed by atoms with Crippen molar-refractivity contribution in [2.24, 2.45) is 7.05 Å². The van der Waals surface area contributed by atoms with Gasteiger partial charge in [-0.25, -0.2) is 0 Å². The van der Waals surface area contributed by atoms with Crippen molar-refractivity contribution in [1.29, 1.82) is 0 Å². The largest absolute Gasteiger partial charge is 0.491 e. The molecular formula is C23H18F3N5O3. The van der Waals surface area contributed by atoms with Gasteiger partial charge in [-0.1, -0.05) is 0 Å². The van der Waals surface area contributed by atoms with Crippen LogP contribution in [0.2, 0.25) is 0 Å². The molecule has 0 unspecified atom stereocenters. The van der Waals surface area contributed by atoms with Crippen LogP contribution >= 0.6 is 0 Å². The fourth-order valence-corrected chi connectivity index (χ4v) is 3.92. The molecule has 5 aromatic rings. The van der Waals surface area contributed by atoms with E-state index < -0.39 is 11.7 Å². The lowest BCUT2D eigenvalue weighted by molar-refractivity contribution is -0.137. The lowest BCUT2D eigenvalue weighted by Gasteiger charge is -2.10. The molecule has 0 aliphatic rings. The number of rotatable bonds is 5. The number of carbonyl (C=O) groups excluding carboxylic acids is 1. The number of nitrogens with one attached hydrogen (secondary N) is 1. The third-order valence-corrected chi connectivity index (χ3v) is 5.47. The normalized spacial score (nSPS) is 12.0. The Bertz CT molecular complexity index is 1510. The summed E-state index contributed by atoms with van der Waals surface area (Å²) >= 11 is 0. The number of hydrogen-bond donors (Lipinski definition) is 2. The Morgan fingerprint density at radius 3 is 2.56 bits per heavy atom. The van der Waals surface area contributed by atoms with E-state index in [1.54, 1.807) is 40.7 Å². The summed E-state index contributed by atoms with van der Waals surface area (Å²) in [5.74, 6) is -0.0753. The van der Waals surface area contributed by atoms with Gasteiger partial charge in [0.1, 0.15) is 5.76 Å². The molecule has 3 aromatic heterocycles. The molecule has 0 saturated heterocycles. The second kappa shape index (κ2) is 7.94. The Labute approximate surface area is 190 Å². The number of halogens is 3. The number of carbonyl (C=O) groups is 1. The zero-order valence-electron chi connectivity index (χ0n) is 17.8. The van der Waals surface area contributed by atoms with E-state index in [0.29, 0.717) is 34.6 Å². The minimum absolute atomic E-state index is 0.218. The van der Waals surface area contributed by atoms with Crippen molar-refractivity contribution in [3.05, 3.63) is 71.6 Å². The maximum absolute atomic E-state index is 13.0. The van der Waals surface area contributed by atoms with Gasteiger partial charge in [0.2, 0.25) is 0 Å². The van der Waals surface area contributed by atoms with E-state index in [9.17, 15) is 23.1 Å². The molecule has 0 atom stereocenters. The maximum atomic E-state index is 13.0. The number of hydrogen-bond acceptors (Lipinski definition) is 5. The molecule has 11 heteroatoms. The van der Waals surface area contributed by atoms with Gasteiger partial charge in [-0.15, -0.1) is 0 Å². The SMILES string of the molecule is Cn1cc2c3cc(C(=O)NCCc4cc(O)no4)ccc3n(-c3ccc(C(F)(F)F)cc3)c2n1. The Balaban J connectivity index is 1.48. The maximum Gasteiger partial charge on any atom is 0.416 e. The summed E-state index contributed by atoms with van der Waals surface area (Å²) in [5, 5.41) is 21.4. The number of aromatic nitrogens is 4. The van der Waals surface area contributed by atoms with Gasteiger partial charge >= 0.3 is 6.18 Å². The van der Waals surface area contributed by atoms with Crippen molar-refractivity contribution in [3.63, 3.8) is 0 Å². The van der Waals surface area contributed by atoms with E-state index in [0.717, 1.165) is 22.9 Å².